The van der Waals surface area contributed by atoms with E-state index in [1.165, 1.54) is 7.11 Å². The highest BCUT2D eigenvalue weighted by Crippen LogP contribution is 2.18. The average molecular weight is 349 g/mol. The quantitative estimate of drug-likeness (QED) is 0.594. The van der Waals surface area contributed by atoms with Crippen molar-refractivity contribution in [1.82, 2.24) is 16.0 Å². The number of hydrogen-bond donors (Lipinski definition) is 3. The first-order valence-corrected chi connectivity index (χ1v) is 7.66. The van der Waals surface area contributed by atoms with Crippen molar-refractivity contribution in [3.05, 3.63) is 29.8 Å². The van der Waals surface area contributed by atoms with E-state index in [1.54, 1.807) is 24.3 Å². The van der Waals surface area contributed by atoms with Gasteiger partial charge in [-0.15, -0.1) is 0 Å². The molecule has 0 radical (unpaired) electrons. The van der Waals surface area contributed by atoms with Gasteiger partial charge in [0, 0.05) is 6.04 Å². The number of imide groups is 1. The highest BCUT2D eigenvalue weighted by Gasteiger charge is 2.24. The molecule has 9 nitrogen and oxygen atoms in total. The van der Waals surface area contributed by atoms with Crippen LogP contribution in [0.25, 0.3) is 0 Å². The molecule has 0 spiro atoms. The molecule has 1 aromatic rings. The second-order valence-corrected chi connectivity index (χ2v) is 5.34. The van der Waals surface area contributed by atoms with Gasteiger partial charge < -0.3 is 20.1 Å². The number of hydrogen-bond acceptors (Lipinski definition) is 6. The number of carbonyl (C=O) groups excluding carboxylic acids is 4. The number of rotatable bonds is 7. The molecule has 0 bridgehead atoms. The molecule has 0 atom stereocenters. The number of urea groups is 1. The summed E-state index contributed by atoms with van der Waals surface area (Å²) in [5, 5.41) is 6.97. The van der Waals surface area contributed by atoms with Gasteiger partial charge >= 0.3 is 12.0 Å². The Hall–Kier alpha value is -3.10. The Bertz CT molecular complexity index is 672. The Morgan fingerprint density at radius 3 is 2.56 bits per heavy atom. The smallest absolute Gasteiger partial charge is 0.325 e. The van der Waals surface area contributed by atoms with Gasteiger partial charge in [-0.1, -0.05) is 12.1 Å². The Balaban J connectivity index is 1.68. The van der Waals surface area contributed by atoms with E-state index in [2.05, 4.69) is 10.6 Å². The number of methoxy groups -OCH3 is 1. The van der Waals surface area contributed by atoms with Gasteiger partial charge in [0.25, 0.3) is 11.8 Å². The summed E-state index contributed by atoms with van der Waals surface area (Å²) in [6, 6.07) is 6.03. The van der Waals surface area contributed by atoms with E-state index in [1.807, 2.05) is 5.32 Å². The van der Waals surface area contributed by atoms with Gasteiger partial charge in [0.2, 0.25) is 0 Å². The molecule has 1 aliphatic carbocycles. The molecule has 2 rings (SSSR count). The molecular formula is C16H19N3O6. The molecule has 0 unspecified atom stereocenters. The van der Waals surface area contributed by atoms with Gasteiger partial charge in [-0.3, -0.25) is 19.7 Å². The molecule has 4 amide bonds. The fraction of sp³-hybridized carbons (Fsp3) is 0.375. The molecule has 134 valence electrons. The van der Waals surface area contributed by atoms with Crippen LogP contribution in [0, 0.1) is 0 Å². The van der Waals surface area contributed by atoms with Crippen LogP contribution in [0.1, 0.15) is 23.2 Å². The third-order valence-corrected chi connectivity index (χ3v) is 3.27. The van der Waals surface area contributed by atoms with Crippen LogP contribution in [0.2, 0.25) is 0 Å². The number of benzene rings is 1. The Labute approximate surface area is 144 Å². The van der Waals surface area contributed by atoms with Crippen LogP contribution in [0.5, 0.6) is 5.75 Å². The van der Waals surface area contributed by atoms with Crippen LogP contribution in [0.3, 0.4) is 0 Å². The first-order chi connectivity index (χ1) is 12.0. The topological polar surface area (TPSA) is 123 Å². The zero-order valence-corrected chi connectivity index (χ0v) is 13.7. The van der Waals surface area contributed by atoms with Gasteiger partial charge in [-0.05, 0) is 25.0 Å². The number of amides is 4. The molecule has 1 saturated carbocycles. The predicted octanol–water partition coefficient (Wildman–Crippen LogP) is -0.0436. The normalized spacial score (nSPS) is 12.7. The third kappa shape index (κ3) is 6.13. The van der Waals surface area contributed by atoms with E-state index in [0.29, 0.717) is 5.75 Å². The van der Waals surface area contributed by atoms with Crippen molar-refractivity contribution >= 4 is 23.8 Å². The summed E-state index contributed by atoms with van der Waals surface area (Å²) < 4.78 is 9.74. The lowest BCUT2D eigenvalue weighted by atomic mass is 10.2. The van der Waals surface area contributed by atoms with Crippen molar-refractivity contribution in [3.8, 4) is 5.75 Å². The van der Waals surface area contributed by atoms with Crippen molar-refractivity contribution in [2.24, 2.45) is 0 Å². The van der Waals surface area contributed by atoms with Gasteiger partial charge in [-0.25, -0.2) is 4.79 Å². The fourth-order valence-electron chi connectivity index (χ4n) is 1.89. The van der Waals surface area contributed by atoms with Gasteiger partial charge in [0.1, 0.15) is 12.3 Å². The molecule has 3 N–H and O–H groups in total. The summed E-state index contributed by atoms with van der Waals surface area (Å²) in [4.78, 5) is 46.3. The van der Waals surface area contributed by atoms with Crippen LogP contribution in [0.15, 0.2) is 24.3 Å². The first kappa shape index (κ1) is 18.2. The van der Waals surface area contributed by atoms with Crippen LogP contribution < -0.4 is 20.7 Å². The molecular weight excluding hydrogens is 330 g/mol. The number of ether oxygens (including phenoxy) is 2. The minimum atomic E-state index is -0.805. The van der Waals surface area contributed by atoms with Crippen LogP contribution >= 0.6 is 0 Å². The van der Waals surface area contributed by atoms with Crippen LogP contribution in [-0.4, -0.2) is 50.1 Å². The Morgan fingerprint density at radius 2 is 1.88 bits per heavy atom. The summed E-state index contributed by atoms with van der Waals surface area (Å²) >= 11 is 0. The van der Waals surface area contributed by atoms with Crippen molar-refractivity contribution in [3.63, 3.8) is 0 Å². The summed E-state index contributed by atoms with van der Waals surface area (Å²) in [6.45, 7) is -1.03. The van der Waals surface area contributed by atoms with Crippen molar-refractivity contribution in [2.75, 3.05) is 20.3 Å². The SMILES string of the molecule is COc1ccccc1C(=O)NCC(=O)OCC(=O)NC(=O)NC1CC1. The van der Waals surface area contributed by atoms with E-state index in [4.69, 9.17) is 9.47 Å². The largest absolute Gasteiger partial charge is 0.496 e. The monoisotopic (exact) mass is 349 g/mol. The maximum Gasteiger partial charge on any atom is 0.325 e. The molecule has 1 aromatic carbocycles. The number of nitrogens with one attached hydrogen (secondary N) is 3. The molecule has 0 heterocycles. The second kappa shape index (κ2) is 8.67. The summed E-state index contributed by atoms with van der Waals surface area (Å²) in [7, 11) is 1.43. The zero-order chi connectivity index (χ0) is 18.2. The molecule has 1 fully saturated rings. The molecule has 25 heavy (non-hydrogen) atoms. The van der Waals surface area contributed by atoms with E-state index in [0.717, 1.165) is 12.8 Å². The minimum Gasteiger partial charge on any atom is -0.496 e. The van der Waals surface area contributed by atoms with Crippen LogP contribution in [-0.2, 0) is 14.3 Å². The van der Waals surface area contributed by atoms with E-state index >= 15 is 0 Å². The summed E-state index contributed by atoms with van der Waals surface area (Å²) in [6.07, 6.45) is 1.78. The molecule has 0 saturated heterocycles. The maximum atomic E-state index is 12.0. The highest BCUT2D eigenvalue weighted by atomic mass is 16.5. The predicted molar refractivity (Wildman–Crippen MR) is 86.0 cm³/mol. The average Bonchev–Trinajstić information content (AvgIpc) is 3.41. The number of esters is 1. The fourth-order valence-corrected chi connectivity index (χ4v) is 1.89. The van der Waals surface area contributed by atoms with Gasteiger partial charge in [0.05, 0.1) is 12.7 Å². The standard InChI is InChI=1S/C16H19N3O6/c1-24-12-5-3-2-4-11(12)15(22)17-8-14(21)25-9-13(20)19-16(23)18-10-6-7-10/h2-5,10H,6-9H2,1H3,(H,17,22)(H2,18,19,20,23). The number of carbonyl (C=O) groups is 4. The maximum absolute atomic E-state index is 12.0. The van der Waals surface area contributed by atoms with E-state index < -0.39 is 37.0 Å². The first-order valence-electron chi connectivity index (χ1n) is 7.66. The zero-order valence-electron chi connectivity index (χ0n) is 13.7. The minimum absolute atomic E-state index is 0.112. The Morgan fingerprint density at radius 1 is 1.16 bits per heavy atom. The number of para-hydroxylation sites is 1. The third-order valence-electron chi connectivity index (χ3n) is 3.27. The van der Waals surface area contributed by atoms with Gasteiger partial charge in [-0.2, -0.15) is 0 Å². The summed E-state index contributed by atoms with van der Waals surface area (Å²) in [5.41, 5.74) is 0.271. The Kier molecular flexibility index (Phi) is 6.33. The lowest BCUT2D eigenvalue weighted by Gasteiger charge is -2.09. The van der Waals surface area contributed by atoms with Crippen molar-refractivity contribution < 1.29 is 28.7 Å². The lowest BCUT2D eigenvalue weighted by molar-refractivity contribution is -0.147. The molecule has 0 aliphatic heterocycles. The molecule has 1 aliphatic rings. The van der Waals surface area contributed by atoms with Gasteiger partial charge in [0.15, 0.2) is 6.61 Å². The molecule has 0 aromatic heterocycles. The van der Waals surface area contributed by atoms with Crippen LogP contribution in [0.4, 0.5) is 4.79 Å². The van der Waals surface area contributed by atoms with E-state index in [-0.39, 0.29) is 11.6 Å². The summed E-state index contributed by atoms with van der Waals surface area (Å²) in [5.74, 6) is -1.69. The van der Waals surface area contributed by atoms with Crippen molar-refractivity contribution in [2.45, 2.75) is 18.9 Å². The van der Waals surface area contributed by atoms with Crippen molar-refractivity contribution in [1.29, 1.82) is 0 Å². The van der Waals surface area contributed by atoms with E-state index in [9.17, 15) is 19.2 Å². The lowest BCUT2D eigenvalue weighted by Crippen LogP contribution is -2.42. The highest BCUT2D eigenvalue weighted by molar-refractivity contribution is 5.99. The molecule has 9 heteroatoms. The second-order valence-electron chi connectivity index (χ2n) is 5.34.